The van der Waals surface area contributed by atoms with Crippen molar-refractivity contribution in [1.82, 2.24) is 5.32 Å². The molecule has 0 fully saturated rings. The first kappa shape index (κ1) is 19.7. The lowest BCUT2D eigenvalue weighted by Gasteiger charge is -2.05. The van der Waals surface area contributed by atoms with Crippen molar-refractivity contribution in [3.63, 3.8) is 0 Å². The monoisotopic (exact) mass is 337 g/mol. The third-order valence-electron chi connectivity index (χ3n) is 4.82. The van der Waals surface area contributed by atoms with E-state index in [2.05, 4.69) is 66.0 Å². The van der Waals surface area contributed by atoms with Crippen LogP contribution < -0.4 is 5.32 Å². The van der Waals surface area contributed by atoms with Gasteiger partial charge in [0.05, 0.1) is 0 Å². The summed E-state index contributed by atoms with van der Waals surface area (Å²) < 4.78 is 0. The molecule has 25 heavy (non-hydrogen) atoms. The van der Waals surface area contributed by atoms with Crippen molar-refractivity contribution in [3.05, 3.63) is 71.8 Å². The van der Waals surface area contributed by atoms with Gasteiger partial charge in [-0.15, -0.1) is 0 Å². The lowest BCUT2D eigenvalue weighted by molar-refractivity contribution is 0.555. The van der Waals surface area contributed by atoms with Crippen LogP contribution in [-0.4, -0.2) is 13.1 Å². The molecule has 1 N–H and O–H groups in total. The summed E-state index contributed by atoms with van der Waals surface area (Å²) in [5.41, 5.74) is 2.96. The van der Waals surface area contributed by atoms with Gasteiger partial charge in [0.25, 0.3) is 0 Å². The van der Waals surface area contributed by atoms with Crippen LogP contribution in [0.1, 0.15) is 62.5 Å². The summed E-state index contributed by atoms with van der Waals surface area (Å²) in [7, 11) is 0. The maximum Gasteiger partial charge on any atom is -0.00489 e. The van der Waals surface area contributed by atoms with Gasteiger partial charge < -0.3 is 5.32 Å². The maximum absolute atomic E-state index is 3.60. The molecule has 0 radical (unpaired) electrons. The first-order valence-electron chi connectivity index (χ1n) is 10.2. The molecule has 0 aliphatic rings. The topological polar surface area (TPSA) is 12.0 Å². The number of aryl methyl sites for hydroxylation is 2. The van der Waals surface area contributed by atoms with Crippen molar-refractivity contribution in [2.24, 2.45) is 0 Å². The van der Waals surface area contributed by atoms with Crippen LogP contribution >= 0.6 is 0 Å². The van der Waals surface area contributed by atoms with Crippen LogP contribution in [0.2, 0.25) is 0 Å². The maximum atomic E-state index is 3.60. The van der Waals surface area contributed by atoms with E-state index in [0.29, 0.717) is 0 Å². The second-order valence-electron chi connectivity index (χ2n) is 7.05. The predicted octanol–water partition coefficient (Wildman–Crippen LogP) is 6.18. The highest BCUT2D eigenvalue weighted by Crippen LogP contribution is 2.08. The molecule has 1 heteroatoms. The molecular formula is C24H35N. The lowest BCUT2D eigenvalue weighted by atomic mass is 10.1. The van der Waals surface area contributed by atoms with Crippen LogP contribution in [0.25, 0.3) is 0 Å². The van der Waals surface area contributed by atoms with Gasteiger partial charge in [0.2, 0.25) is 0 Å². The molecule has 2 aromatic rings. The van der Waals surface area contributed by atoms with E-state index in [1.165, 1.54) is 88.4 Å². The zero-order chi connectivity index (χ0) is 17.4. The van der Waals surface area contributed by atoms with E-state index in [9.17, 15) is 0 Å². The Balaban J connectivity index is 1.30. The summed E-state index contributed by atoms with van der Waals surface area (Å²) in [5.74, 6) is 0. The molecule has 0 saturated carbocycles. The van der Waals surface area contributed by atoms with Crippen LogP contribution in [-0.2, 0) is 12.8 Å². The Kier molecular flexibility index (Phi) is 10.8. The van der Waals surface area contributed by atoms with Gasteiger partial charge in [-0.05, 0) is 62.7 Å². The van der Waals surface area contributed by atoms with Crippen LogP contribution in [0.15, 0.2) is 60.7 Å². The second-order valence-corrected chi connectivity index (χ2v) is 7.05. The molecule has 0 atom stereocenters. The summed E-state index contributed by atoms with van der Waals surface area (Å²) in [6.07, 6.45) is 13.2. The van der Waals surface area contributed by atoms with Gasteiger partial charge in [-0.2, -0.15) is 0 Å². The van der Waals surface area contributed by atoms with Crippen LogP contribution in [0.5, 0.6) is 0 Å². The molecule has 0 spiro atoms. The highest BCUT2D eigenvalue weighted by Gasteiger charge is 1.95. The van der Waals surface area contributed by atoms with Gasteiger partial charge in [-0.3, -0.25) is 0 Å². The van der Waals surface area contributed by atoms with E-state index in [0.717, 1.165) is 0 Å². The molecular weight excluding hydrogens is 302 g/mol. The molecule has 0 unspecified atom stereocenters. The van der Waals surface area contributed by atoms with Crippen LogP contribution in [0.4, 0.5) is 0 Å². The van der Waals surface area contributed by atoms with E-state index in [1.54, 1.807) is 0 Å². The molecule has 2 rings (SSSR count). The minimum Gasteiger partial charge on any atom is -0.317 e. The van der Waals surface area contributed by atoms with Gasteiger partial charge in [0.15, 0.2) is 0 Å². The average molecular weight is 338 g/mol. The fraction of sp³-hybridized carbons (Fsp3) is 0.500. The first-order valence-corrected chi connectivity index (χ1v) is 10.2. The molecule has 0 bridgehead atoms. The fourth-order valence-electron chi connectivity index (χ4n) is 3.28. The smallest absolute Gasteiger partial charge is 0.00489 e. The van der Waals surface area contributed by atoms with Gasteiger partial charge in [-0.25, -0.2) is 0 Å². The second kappa shape index (κ2) is 13.7. The summed E-state index contributed by atoms with van der Waals surface area (Å²) in [4.78, 5) is 0. The van der Waals surface area contributed by atoms with Gasteiger partial charge in [-0.1, -0.05) is 86.3 Å². The van der Waals surface area contributed by atoms with E-state index < -0.39 is 0 Å². The molecule has 0 aliphatic carbocycles. The van der Waals surface area contributed by atoms with Crippen molar-refractivity contribution in [2.75, 3.05) is 13.1 Å². The molecule has 0 saturated heterocycles. The number of hydrogen-bond donors (Lipinski definition) is 1. The van der Waals surface area contributed by atoms with Crippen molar-refractivity contribution >= 4 is 0 Å². The third-order valence-corrected chi connectivity index (χ3v) is 4.82. The Bertz CT molecular complexity index is 471. The van der Waals surface area contributed by atoms with Gasteiger partial charge in [0.1, 0.15) is 0 Å². The van der Waals surface area contributed by atoms with E-state index >= 15 is 0 Å². The summed E-state index contributed by atoms with van der Waals surface area (Å²) in [5, 5.41) is 3.60. The Labute approximate surface area is 154 Å². The van der Waals surface area contributed by atoms with Crippen molar-refractivity contribution in [2.45, 2.75) is 64.2 Å². The SMILES string of the molecule is c1ccc(CCCCCCNCCCCCCc2ccccc2)cc1. The largest absolute Gasteiger partial charge is 0.317 e. The standard InChI is InChI=1S/C24H35N/c1(7-15-23-17-9-5-10-18-23)3-13-21-25-22-14-4-2-8-16-24-19-11-6-12-20-24/h5-6,9-12,17-20,25H,1-4,7-8,13-16,21-22H2. The van der Waals surface area contributed by atoms with Crippen molar-refractivity contribution < 1.29 is 0 Å². The Morgan fingerprint density at radius 3 is 1.28 bits per heavy atom. The molecule has 0 amide bonds. The van der Waals surface area contributed by atoms with Crippen LogP contribution in [0.3, 0.4) is 0 Å². The molecule has 1 nitrogen and oxygen atoms in total. The number of hydrogen-bond acceptors (Lipinski definition) is 1. The minimum atomic E-state index is 1.19. The lowest BCUT2D eigenvalue weighted by Crippen LogP contribution is -2.16. The number of nitrogens with one attached hydrogen (secondary N) is 1. The fourth-order valence-corrected chi connectivity index (χ4v) is 3.28. The summed E-state index contributed by atoms with van der Waals surface area (Å²) >= 11 is 0. The minimum absolute atomic E-state index is 1.19. The molecule has 0 aromatic heterocycles. The summed E-state index contributed by atoms with van der Waals surface area (Å²) in [6, 6.07) is 21.7. The third kappa shape index (κ3) is 10.1. The zero-order valence-corrected chi connectivity index (χ0v) is 15.8. The zero-order valence-electron chi connectivity index (χ0n) is 15.8. The van der Waals surface area contributed by atoms with E-state index in [-0.39, 0.29) is 0 Å². The Morgan fingerprint density at radius 2 is 0.840 bits per heavy atom. The molecule has 0 aliphatic heterocycles. The number of rotatable bonds is 14. The highest BCUT2D eigenvalue weighted by atomic mass is 14.8. The Morgan fingerprint density at radius 1 is 0.440 bits per heavy atom. The summed E-state index contributed by atoms with van der Waals surface area (Å²) in [6.45, 7) is 2.38. The number of unbranched alkanes of at least 4 members (excludes halogenated alkanes) is 6. The van der Waals surface area contributed by atoms with Crippen molar-refractivity contribution in [3.8, 4) is 0 Å². The average Bonchev–Trinajstić information content (AvgIpc) is 2.67. The first-order chi connectivity index (χ1) is 12.4. The predicted molar refractivity (Wildman–Crippen MR) is 110 cm³/mol. The van der Waals surface area contributed by atoms with Gasteiger partial charge in [0, 0.05) is 0 Å². The van der Waals surface area contributed by atoms with Crippen LogP contribution in [0, 0.1) is 0 Å². The van der Waals surface area contributed by atoms with Gasteiger partial charge >= 0.3 is 0 Å². The highest BCUT2D eigenvalue weighted by molar-refractivity contribution is 5.15. The normalized spacial score (nSPS) is 10.9. The molecule has 136 valence electrons. The Hall–Kier alpha value is -1.60. The quantitative estimate of drug-likeness (QED) is 0.406. The molecule has 2 aromatic carbocycles. The molecule has 0 heterocycles. The van der Waals surface area contributed by atoms with Crippen molar-refractivity contribution in [1.29, 1.82) is 0 Å². The van der Waals surface area contributed by atoms with E-state index in [1.807, 2.05) is 0 Å². The van der Waals surface area contributed by atoms with E-state index in [4.69, 9.17) is 0 Å². The number of benzene rings is 2.